The molecule has 5 rings (SSSR count). The third-order valence-corrected chi connectivity index (χ3v) is 8.99. The van der Waals surface area contributed by atoms with E-state index in [1.54, 1.807) is 0 Å². The van der Waals surface area contributed by atoms with Gasteiger partial charge < -0.3 is 0 Å². The zero-order valence-electron chi connectivity index (χ0n) is 20.1. The molecule has 0 atom stereocenters. The van der Waals surface area contributed by atoms with E-state index in [-0.39, 0.29) is 27.7 Å². The first-order chi connectivity index (χ1) is 18.9. The Labute approximate surface area is 224 Å². The Hall–Kier alpha value is -4.33. The van der Waals surface area contributed by atoms with Crippen LogP contribution >= 0.6 is 0 Å². The summed E-state index contributed by atoms with van der Waals surface area (Å²) in [5.41, 5.74) is -9.27. The molecule has 0 bridgehead atoms. The van der Waals surface area contributed by atoms with Gasteiger partial charge >= 0.3 is 17.4 Å². The van der Waals surface area contributed by atoms with Gasteiger partial charge in [-0.15, -0.1) is 5.10 Å². The summed E-state index contributed by atoms with van der Waals surface area (Å²) >= 11 is 0. The van der Waals surface area contributed by atoms with Crippen molar-refractivity contribution < 1.29 is 43.2 Å². The second kappa shape index (κ2) is 9.09. The number of aromatic nitrogens is 7. The minimum atomic E-state index is -5.76. The fourth-order valence-corrected chi connectivity index (χ4v) is 5.50. The van der Waals surface area contributed by atoms with Crippen LogP contribution in [0.2, 0.25) is 0 Å². The normalized spacial score (nSPS) is 13.3. The van der Waals surface area contributed by atoms with E-state index in [0.29, 0.717) is 22.9 Å². The molecular formula is C21H13F6N7O5S2. The number of hydrogen-bond donors (Lipinski definition) is 0. The molecule has 0 radical (unpaired) electrons. The standard InChI is InChI=1S/C21H13F6N7O5S2/c1-2-40(36,37)13-3-4-15(29-18(13)12-6-8-33-16(28-12)10-14(30-33)20(22,23)24)34-19(35)32-7-5-11(9-17(32)31-34)41(38,39)21(25,26)27/h3-10H,2H2,1H3. The van der Waals surface area contributed by atoms with Crippen LogP contribution in [0.25, 0.3) is 28.5 Å². The average molecular weight is 622 g/mol. The van der Waals surface area contributed by atoms with Crippen molar-refractivity contribution in [3.63, 3.8) is 0 Å². The maximum absolute atomic E-state index is 13.1. The highest BCUT2D eigenvalue weighted by Gasteiger charge is 2.47. The Kier molecular flexibility index (Phi) is 6.26. The van der Waals surface area contributed by atoms with Crippen molar-refractivity contribution in [3.05, 3.63) is 65.0 Å². The Morgan fingerprint density at radius 1 is 0.854 bits per heavy atom. The Bertz CT molecular complexity index is 2130. The van der Waals surface area contributed by atoms with Crippen LogP contribution in [-0.4, -0.2) is 61.9 Å². The Morgan fingerprint density at radius 3 is 2.20 bits per heavy atom. The summed E-state index contributed by atoms with van der Waals surface area (Å²) in [6.45, 7) is 1.33. The Morgan fingerprint density at radius 2 is 1.56 bits per heavy atom. The highest BCUT2D eigenvalue weighted by atomic mass is 32.2. The monoisotopic (exact) mass is 621 g/mol. The lowest BCUT2D eigenvalue weighted by Crippen LogP contribution is -2.24. The summed E-state index contributed by atoms with van der Waals surface area (Å²) in [6, 6.07) is 4.95. The number of rotatable bonds is 5. The zero-order valence-corrected chi connectivity index (χ0v) is 21.7. The molecule has 20 heteroatoms. The average Bonchev–Trinajstić information content (AvgIpc) is 3.48. The van der Waals surface area contributed by atoms with Crippen molar-refractivity contribution in [2.45, 2.75) is 28.4 Å². The molecule has 0 aliphatic rings. The van der Waals surface area contributed by atoms with Crippen LogP contribution < -0.4 is 5.69 Å². The van der Waals surface area contributed by atoms with E-state index in [9.17, 15) is 48.0 Å². The molecule has 41 heavy (non-hydrogen) atoms. The number of alkyl halides is 6. The van der Waals surface area contributed by atoms with Crippen molar-refractivity contribution in [3.8, 4) is 17.2 Å². The van der Waals surface area contributed by atoms with Gasteiger partial charge in [0.2, 0.25) is 0 Å². The molecule has 0 aliphatic heterocycles. The minimum Gasteiger partial charge on any atom is -0.250 e. The molecule has 0 spiro atoms. The van der Waals surface area contributed by atoms with E-state index >= 15 is 0 Å². The fourth-order valence-electron chi connectivity index (χ4n) is 3.70. The van der Waals surface area contributed by atoms with Gasteiger partial charge in [-0.3, -0.25) is 0 Å². The summed E-state index contributed by atoms with van der Waals surface area (Å²) in [5, 5.41) is 7.20. The molecule has 0 unspecified atom stereocenters. The number of pyridine rings is 2. The first-order valence-electron chi connectivity index (χ1n) is 11.0. The quantitative estimate of drug-likeness (QED) is 0.270. The van der Waals surface area contributed by atoms with Gasteiger partial charge in [-0.1, -0.05) is 6.92 Å². The first kappa shape index (κ1) is 28.2. The number of halogens is 6. The molecule has 5 aromatic rings. The lowest BCUT2D eigenvalue weighted by molar-refractivity contribution is -0.141. The van der Waals surface area contributed by atoms with E-state index in [2.05, 4.69) is 20.2 Å². The van der Waals surface area contributed by atoms with Crippen LogP contribution in [0.1, 0.15) is 12.6 Å². The summed E-state index contributed by atoms with van der Waals surface area (Å²) in [6.07, 6.45) is -2.94. The van der Waals surface area contributed by atoms with Gasteiger partial charge in [0.15, 0.2) is 32.6 Å². The number of hydrogen-bond acceptors (Lipinski definition) is 9. The number of fused-ring (bicyclic) bond motifs is 2. The lowest BCUT2D eigenvalue weighted by Gasteiger charge is -2.10. The smallest absolute Gasteiger partial charge is 0.250 e. The molecular weight excluding hydrogens is 608 g/mol. The minimum absolute atomic E-state index is 0.213. The second-order valence-electron chi connectivity index (χ2n) is 8.30. The second-order valence-corrected chi connectivity index (χ2v) is 12.5. The number of nitrogens with zero attached hydrogens (tertiary/aromatic N) is 7. The molecule has 0 aromatic carbocycles. The largest absolute Gasteiger partial charge is 0.501 e. The van der Waals surface area contributed by atoms with Crippen LogP contribution in [0.4, 0.5) is 26.3 Å². The molecule has 0 N–H and O–H groups in total. The molecule has 12 nitrogen and oxygen atoms in total. The van der Waals surface area contributed by atoms with E-state index in [4.69, 9.17) is 0 Å². The third-order valence-electron chi connectivity index (χ3n) is 5.74. The molecule has 0 saturated heterocycles. The predicted molar refractivity (Wildman–Crippen MR) is 127 cm³/mol. The highest BCUT2D eigenvalue weighted by Crippen LogP contribution is 2.32. The fraction of sp³-hybridized carbons (Fsp3) is 0.190. The summed E-state index contributed by atoms with van der Waals surface area (Å²) in [7, 11) is -9.77. The van der Waals surface area contributed by atoms with Crippen molar-refractivity contribution >= 4 is 31.0 Å². The van der Waals surface area contributed by atoms with Crippen LogP contribution in [0.15, 0.2) is 63.4 Å². The molecule has 0 amide bonds. The van der Waals surface area contributed by atoms with E-state index in [1.165, 1.54) is 6.92 Å². The Balaban J connectivity index is 1.70. The van der Waals surface area contributed by atoms with Crippen LogP contribution in [0, 0.1) is 0 Å². The molecule has 5 heterocycles. The van der Waals surface area contributed by atoms with Crippen molar-refractivity contribution in [2.75, 3.05) is 5.75 Å². The SMILES string of the molecule is CCS(=O)(=O)c1ccc(-n2nc3cc(S(=O)(=O)C(F)(F)F)ccn3c2=O)nc1-c1ccn2nc(C(F)(F)F)cc2n1. The summed E-state index contributed by atoms with van der Waals surface area (Å²) in [4.78, 5) is 19.6. The molecule has 0 saturated carbocycles. The highest BCUT2D eigenvalue weighted by molar-refractivity contribution is 7.92. The lowest BCUT2D eigenvalue weighted by atomic mass is 10.2. The van der Waals surface area contributed by atoms with Crippen molar-refractivity contribution in [1.82, 2.24) is 33.8 Å². The summed E-state index contributed by atoms with van der Waals surface area (Å²) in [5.74, 6) is -0.756. The molecule has 216 valence electrons. The van der Waals surface area contributed by atoms with Crippen molar-refractivity contribution in [2.24, 2.45) is 0 Å². The van der Waals surface area contributed by atoms with Crippen LogP contribution in [0.3, 0.4) is 0 Å². The van der Waals surface area contributed by atoms with Gasteiger partial charge in [0.1, 0.15) is 5.69 Å². The van der Waals surface area contributed by atoms with Gasteiger partial charge in [0.05, 0.1) is 21.2 Å². The number of sulfone groups is 2. The van der Waals surface area contributed by atoms with E-state index < -0.39 is 59.0 Å². The maximum atomic E-state index is 13.1. The van der Waals surface area contributed by atoms with Crippen molar-refractivity contribution in [1.29, 1.82) is 0 Å². The van der Waals surface area contributed by atoms with Gasteiger partial charge in [-0.25, -0.2) is 40.5 Å². The zero-order chi connectivity index (χ0) is 30.1. The molecule has 0 fully saturated rings. The maximum Gasteiger partial charge on any atom is 0.501 e. The van der Waals surface area contributed by atoms with Crippen LogP contribution in [-0.2, 0) is 25.9 Å². The van der Waals surface area contributed by atoms with Gasteiger partial charge in [0.25, 0.3) is 9.84 Å². The van der Waals surface area contributed by atoms with Crippen LogP contribution in [0.5, 0.6) is 0 Å². The van der Waals surface area contributed by atoms with E-state index in [1.807, 2.05) is 0 Å². The first-order valence-corrected chi connectivity index (χ1v) is 14.2. The van der Waals surface area contributed by atoms with Gasteiger partial charge in [0, 0.05) is 24.5 Å². The predicted octanol–water partition coefficient (Wildman–Crippen LogP) is 2.70. The topological polar surface area (TPSA) is 151 Å². The van der Waals surface area contributed by atoms with Gasteiger partial charge in [-0.05, 0) is 24.3 Å². The molecule has 0 aliphatic carbocycles. The van der Waals surface area contributed by atoms with Gasteiger partial charge in [-0.2, -0.15) is 36.1 Å². The van der Waals surface area contributed by atoms with E-state index in [0.717, 1.165) is 39.5 Å². The third kappa shape index (κ3) is 4.71. The molecule has 5 aromatic heterocycles. The summed E-state index contributed by atoms with van der Waals surface area (Å²) < 4.78 is 130.